The molecule has 8 N–H and O–H groups in total. The topological polar surface area (TPSA) is 246 Å². The van der Waals surface area contributed by atoms with Crippen LogP contribution in [0, 0.1) is 0 Å². The van der Waals surface area contributed by atoms with Gasteiger partial charge in [0.15, 0.2) is 0 Å². The monoisotopic (exact) mass is 1150 g/mol. The van der Waals surface area contributed by atoms with E-state index in [1.807, 2.05) is 24.3 Å². The number of hydrogen-bond donors (Lipinski definition) is 8. The van der Waals surface area contributed by atoms with Crippen molar-refractivity contribution in [1.82, 2.24) is 62.1 Å². The fraction of sp³-hybridized carbons (Fsp3) is 0.594. The quantitative estimate of drug-likeness (QED) is 0.0602. The molecule has 0 radical (unpaired) electrons. The SMILES string of the molecule is CN[C@@H](C)C(=O)N[C@@H](CCCCNC(=O)c1ccc(C(=O)NCCCC[C@H](NC(=O)[C@H](C)NC)C(=O)N2C[C@H]3CCCN3C[C@H]2C(=O)N[C@@H]2CCCc3ccccc32)cc1)C(=O)N1C[C@H]2CCCN2C[C@H]1C(=O)N[C@@H]1CCCc2ccccc21. The van der Waals surface area contributed by atoms with Crippen molar-refractivity contribution in [2.75, 3.05) is 66.5 Å². The van der Waals surface area contributed by atoms with Gasteiger partial charge in [0, 0.05) is 62.5 Å². The number of carbonyl (C=O) groups is 8. The van der Waals surface area contributed by atoms with Crippen molar-refractivity contribution in [3.05, 3.63) is 106 Å². The molecule has 9 rings (SSSR count). The number of piperazine rings is 2. The second kappa shape index (κ2) is 29.4. The van der Waals surface area contributed by atoms with Gasteiger partial charge in [-0.15, -0.1) is 0 Å². The summed E-state index contributed by atoms with van der Waals surface area (Å²) in [5.41, 5.74) is 5.48. The molecular weight excluding hydrogens is 1060 g/mol. The molecule has 10 atom stereocenters. The van der Waals surface area contributed by atoms with Crippen LogP contribution < -0.4 is 42.5 Å². The molecule has 8 amide bonds. The molecule has 0 unspecified atom stereocenters. The number of unbranched alkanes of at least 4 members (excludes halogenated alkanes) is 2. The van der Waals surface area contributed by atoms with E-state index in [0.717, 1.165) is 88.4 Å². The second-order valence-corrected chi connectivity index (χ2v) is 24.1. The normalized spacial score (nSPS) is 23.5. The first-order valence-corrected chi connectivity index (χ1v) is 31.2. The van der Waals surface area contributed by atoms with Gasteiger partial charge in [-0.05, 0) is 190 Å². The van der Waals surface area contributed by atoms with Crippen LogP contribution in [0.1, 0.15) is 159 Å². The molecule has 0 spiro atoms. The van der Waals surface area contributed by atoms with Gasteiger partial charge in [0.05, 0.1) is 24.2 Å². The summed E-state index contributed by atoms with van der Waals surface area (Å²) < 4.78 is 0. The van der Waals surface area contributed by atoms with E-state index >= 15 is 0 Å². The van der Waals surface area contributed by atoms with Crippen LogP contribution in [0.3, 0.4) is 0 Å². The fourth-order valence-corrected chi connectivity index (χ4v) is 13.4. The van der Waals surface area contributed by atoms with E-state index in [-0.39, 0.29) is 71.4 Å². The molecule has 2 aliphatic carbocycles. The Morgan fingerprint density at radius 3 is 1.31 bits per heavy atom. The molecule has 4 fully saturated rings. The number of fused-ring (bicyclic) bond motifs is 4. The van der Waals surface area contributed by atoms with Crippen molar-refractivity contribution < 1.29 is 38.4 Å². The highest BCUT2D eigenvalue weighted by atomic mass is 16.2. The van der Waals surface area contributed by atoms with Gasteiger partial charge in [0.1, 0.15) is 24.2 Å². The Morgan fingerprint density at radius 2 is 0.905 bits per heavy atom. The summed E-state index contributed by atoms with van der Waals surface area (Å²) in [6.07, 6.45) is 12.1. The van der Waals surface area contributed by atoms with Gasteiger partial charge in [-0.1, -0.05) is 48.5 Å². The molecule has 4 heterocycles. The van der Waals surface area contributed by atoms with Crippen LogP contribution in [0.5, 0.6) is 0 Å². The number of likely N-dealkylation sites (N-methyl/N-ethyl adjacent to an activating group) is 2. The maximum atomic E-state index is 14.7. The van der Waals surface area contributed by atoms with E-state index < -0.39 is 36.3 Å². The van der Waals surface area contributed by atoms with Crippen LogP contribution >= 0.6 is 0 Å². The highest BCUT2D eigenvalue weighted by molar-refractivity contribution is 5.98. The molecular formula is C64H90N12O8. The number of nitrogens with zero attached hydrogens (tertiary/aromatic N) is 4. The lowest BCUT2D eigenvalue weighted by Crippen LogP contribution is -2.65. The smallest absolute Gasteiger partial charge is 0.251 e. The van der Waals surface area contributed by atoms with Crippen molar-refractivity contribution in [3.8, 4) is 0 Å². The van der Waals surface area contributed by atoms with Crippen LogP contribution in [0.2, 0.25) is 0 Å². The lowest BCUT2D eigenvalue weighted by atomic mass is 9.87. The Kier molecular flexibility index (Phi) is 21.6. The Morgan fingerprint density at radius 1 is 0.500 bits per heavy atom. The van der Waals surface area contributed by atoms with Gasteiger partial charge in [0.25, 0.3) is 11.8 Å². The Labute approximate surface area is 495 Å². The Balaban J connectivity index is 0.745. The fourth-order valence-electron chi connectivity index (χ4n) is 13.4. The van der Waals surface area contributed by atoms with Crippen molar-refractivity contribution in [3.63, 3.8) is 0 Å². The van der Waals surface area contributed by atoms with E-state index in [9.17, 15) is 38.4 Å². The minimum Gasteiger partial charge on any atom is -0.352 e. The van der Waals surface area contributed by atoms with Gasteiger partial charge >= 0.3 is 0 Å². The number of aryl methyl sites for hydroxylation is 2. The molecule has 84 heavy (non-hydrogen) atoms. The van der Waals surface area contributed by atoms with E-state index in [4.69, 9.17) is 0 Å². The maximum Gasteiger partial charge on any atom is 0.251 e. The zero-order chi connectivity index (χ0) is 59.3. The number of benzene rings is 3. The number of amides is 8. The summed E-state index contributed by atoms with van der Waals surface area (Å²) in [5.74, 6) is -2.17. The van der Waals surface area contributed by atoms with Crippen molar-refractivity contribution >= 4 is 47.3 Å². The minimum atomic E-state index is -0.870. The lowest BCUT2D eigenvalue weighted by molar-refractivity contribution is -0.148. The van der Waals surface area contributed by atoms with Gasteiger partial charge < -0.3 is 52.3 Å². The summed E-state index contributed by atoms with van der Waals surface area (Å²) >= 11 is 0. The Bertz CT molecular complexity index is 2630. The molecule has 3 aromatic carbocycles. The van der Waals surface area contributed by atoms with Crippen molar-refractivity contribution in [1.29, 1.82) is 0 Å². The van der Waals surface area contributed by atoms with Crippen molar-refractivity contribution in [2.45, 2.75) is 177 Å². The van der Waals surface area contributed by atoms with Gasteiger partial charge in [-0.25, -0.2) is 0 Å². The molecule has 0 aromatic heterocycles. The molecule has 4 saturated heterocycles. The molecule has 0 saturated carbocycles. The molecule has 6 aliphatic rings. The Hall–Kier alpha value is -6.74. The van der Waals surface area contributed by atoms with E-state index in [1.54, 1.807) is 62.0 Å². The predicted octanol–water partition coefficient (Wildman–Crippen LogP) is 3.41. The third-order valence-electron chi connectivity index (χ3n) is 18.6. The summed E-state index contributed by atoms with van der Waals surface area (Å²) in [7, 11) is 3.37. The zero-order valence-corrected chi connectivity index (χ0v) is 49.7. The lowest BCUT2D eigenvalue weighted by Gasteiger charge is -2.44. The molecule has 454 valence electrons. The standard InChI is InChI=1S/C64H90N12O8/c1-41(65-3)57(77)71-53(63(83)75-37-47-21-15-35-73(47)39-55(75)61(81)69-51-27-13-19-43-17-5-7-23-49(43)51)25-9-11-33-67-59(79)45-29-31-46(32-30-45)60(80)68-34-12-10-26-54(72-58(78)42(2)66-4)64(84)76-38-48-22-16-36-74(48)40-56(76)62(82)70-52-28-14-20-44-18-6-8-24-50(44)52/h5-8,17-18,23-24,29-32,41-42,47-48,51-56,65-66H,9-16,19-22,25-28,33-40H2,1-4H3,(H,67,79)(H,68,80)(H,69,81)(H,70,82)(H,71,77)(H,72,78)/t41-,42-,47+,48+,51+,52+,53-,54-,55-,56-/m0/s1. The molecule has 4 aliphatic heterocycles. The molecule has 20 nitrogen and oxygen atoms in total. The largest absolute Gasteiger partial charge is 0.352 e. The number of nitrogens with one attached hydrogen (secondary N) is 8. The van der Waals surface area contributed by atoms with Gasteiger partial charge in [-0.3, -0.25) is 48.2 Å². The van der Waals surface area contributed by atoms with E-state index in [1.165, 1.54) is 11.1 Å². The van der Waals surface area contributed by atoms with Gasteiger partial charge in [-0.2, -0.15) is 0 Å². The average Bonchev–Trinajstić information content (AvgIpc) is 4.35. The number of hydrogen-bond acceptors (Lipinski definition) is 12. The van der Waals surface area contributed by atoms with Crippen LogP contribution in [0.4, 0.5) is 0 Å². The summed E-state index contributed by atoms with van der Waals surface area (Å²) in [6, 6.07) is 18.6. The van der Waals surface area contributed by atoms with Gasteiger partial charge in [0.2, 0.25) is 35.4 Å². The van der Waals surface area contributed by atoms with Crippen LogP contribution in [0.25, 0.3) is 0 Å². The third-order valence-corrected chi connectivity index (χ3v) is 18.6. The highest BCUT2D eigenvalue weighted by Crippen LogP contribution is 2.33. The first-order valence-electron chi connectivity index (χ1n) is 31.2. The number of rotatable bonds is 24. The zero-order valence-electron chi connectivity index (χ0n) is 49.7. The second-order valence-electron chi connectivity index (χ2n) is 24.1. The molecule has 0 bridgehead atoms. The summed E-state index contributed by atoms with van der Waals surface area (Å²) in [5, 5.41) is 24.4. The van der Waals surface area contributed by atoms with Crippen LogP contribution in [-0.4, -0.2) is 182 Å². The molecule has 20 heteroatoms. The maximum absolute atomic E-state index is 14.7. The van der Waals surface area contributed by atoms with Crippen LogP contribution in [0.15, 0.2) is 72.8 Å². The highest BCUT2D eigenvalue weighted by Gasteiger charge is 2.46. The van der Waals surface area contributed by atoms with Crippen LogP contribution in [-0.2, 0) is 41.6 Å². The first kappa shape index (κ1) is 61.8. The first-order chi connectivity index (χ1) is 40.7. The average molecular weight is 1160 g/mol. The van der Waals surface area contributed by atoms with E-state index in [2.05, 4.69) is 76.6 Å². The summed E-state index contributed by atoms with van der Waals surface area (Å²) in [4.78, 5) is 119. The number of carbonyl (C=O) groups excluding carboxylic acids is 8. The summed E-state index contributed by atoms with van der Waals surface area (Å²) in [6.45, 7) is 7.54. The predicted molar refractivity (Wildman–Crippen MR) is 320 cm³/mol. The minimum absolute atomic E-state index is 0.133. The third kappa shape index (κ3) is 15.2. The van der Waals surface area contributed by atoms with E-state index in [0.29, 0.717) is 88.9 Å². The molecule has 3 aromatic rings. The van der Waals surface area contributed by atoms with Crippen molar-refractivity contribution in [2.24, 2.45) is 0 Å².